The molecule has 0 unspecified atom stereocenters. The molecule has 6 nitrogen and oxygen atoms in total. The molecule has 0 bridgehead atoms. The number of esters is 1. The Labute approximate surface area is 150 Å². The summed E-state index contributed by atoms with van der Waals surface area (Å²) in [7, 11) is 0. The molecule has 132 valence electrons. The molecule has 0 radical (unpaired) electrons. The predicted octanol–water partition coefficient (Wildman–Crippen LogP) is 3.31. The van der Waals surface area contributed by atoms with Gasteiger partial charge in [0.1, 0.15) is 16.5 Å². The summed E-state index contributed by atoms with van der Waals surface area (Å²) in [6.45, 7) is 5.34. The molecule has 0 aliphatic rings. The number of carbonyl (C=O) groups is 1. The highest BCUT2D eigenvalue weighted by atomic mass is 35.5. The molecule has 0 aliphatic heterocycles. The lowest BCUT2D eigenvalue weighted by Gasteiger charge is -2.13. The van der Waals surface area contributed by atoms with E-state index < -0.39 is 17.8 Å². The van der Waals surface area contributed by atoms with Crippen molar-refractivity contribution in [3.63, 3.8) is 0 Å². The summed E-state index contributed by atoms with van der Waals surface area (Å²) in [5, 5.41) is 20.0. The van der Waals surface area contributed by atoms with E-state index >= 15 is 0 Å². The Kier molecular flexibility index (Phi) is 8.18. The van der Waals surface area contributed by atoms with Gasteiger partial charge in [0.15, 0.2) is 0 Å². The van der Waals surface area contributed by atoms with Crippen LogP contribution in [0, 0.1) is 5.92 Å². The molecule has 0 saturated heterocycles. The van der Waals surface area contributed by atoms with E-state index in [-0.39, 0.29) is 40.4 Å². The lowest BCUT2D eigenvalue weighted by Crippen LogP contribution is -2.19. The number of aromatic nitrogens is 1. The molecule has 8 heteroatoms. The molecule has 1 rings (SSSR count). The number of hydrogen-bond acceptors (Lipinski definition) is 6. The van der Waals surface area contributed by atoms with Crippen LogP contribution >= 0.6 is 23.2 Å². The molecule has 0 aromatic carbocycles. The average molecular weight is 375 g/mol. The van der Waals surface area contributed by atoms with Crippen LogP contribution in [0.25, 0.3) is 5.76 Å². The highest BCUT2D eigenvalue weighted by Crippen LogP contribution is 2.26. The number of carbonyl (C=O) groups excluding carboxylic acids is 1. The van der Waals surface area contributed by atoms with Crippen molar-refractivity contribution < 1.29 is 19.7 Å². The van der Waals surface area contributed by atoms with Crippen LogP contribution in [0.2, 0.25) is 10.2 Å². The highest BCUT2D eigenvalue weighted by Gasteiger charge is 2.20. The van der Waals surface area contributed by atoms with E-state index in [1.807, 2.05) is 13.8 Å². The van der Waals surface area contributed by atoms with Crippen molar-refractivity contribution >= 4 is 41.1 Å². The fourth-order valence-electron chi connectivity index (χ4n) is 1.76. The number of aliphatic hydroxyl groups excluding tert-OH is 2. The minimum absolute atomic E-state index is 0.0517. The molecule has 24 heavy (non-hydrogen) atoms. The van der Waals surface area contributed by atoms with E-state index in [4.69, 9.17) is 27.9 Å². The molecular weight excluding hydrogens is 355 g/mol. The molecule has 1 heterocycles. The van der Waals surface area contributed by atoms with E-state index in [1.165, 1.54) is 18.5 Å². The van der Waals surface area contributed by atoms with Gasteiger partial charge in [-0.05, 0) is 18.9 Å². The predicted molar refractivity (Wildman–Crippen MR) is 94.6 cm³/mol. The van der Waals surface area contributed by atoms with Crippen molar-refractivity contribution in [2.75, 3.05) is 13.2 Å². The summed E-state index contributed by atoms with van der Waals surface area (Å²) in [4.78, 5) is 20.1. The Morgan fingerprint density at radius 3 is 2.67 bits per heavy atom. The zero-order valence-electron chi connectivity index (χ0n) is 13.7. The van der Waals surface area contributed by atoms with E-state index in [0.717, 1.165) is 0 Å². The van der Waals surface area contributed by atoms with E-state index in [2.05, 4.69) is 9.98 Å². The minimum atomic E-state index is -0.761. The van der Waals surface area contributed by atoms with Crippen LogP contribution in [0.15, 0.2) is 22.8 Å². The van der Waals surface area contributed by atoms with Crippen LogP contribution in [0.5, 0.6) is 0 Å². The van der Waals surface area contributed by atoms with Crippen LogP contribution in [-0.2, 0) is 9.53 Å². The number of halogens is 2. The third-order valence-corrected chi connectivity index (χ3v) is 3.69. The van der Waals surface area contributed by atoms with Crippen LogP contribution in [0.3, 0.4) is 0 Å². The normalized spacial score (nSPS) is 14.0. The Morgan fingerprint density at radius 1 is 1.46 bits per heavy atom. The second-order valence-electron chi connectivity index (χ2n) is 5.24. The third-order valence-electron chi connectivity index (χ3n) is 3.18. The molecule has 0 aliphatic carbocycles. The first-order chi connectivity index (χ1) is 11.3. The van der Waals surface area contributed by atoms with E-state index in [9.17, 15) is 15.0 Å². The van der Waals surface area contributed by atoms with E-state index in [1.54, 1.807) is 6.92 Å². The van der Waals surface area contributed by atoms with Crippen LogP contribution in [0.4, 0.5) is 0 Å². The van der Waals surface area contributed by atoms with Crippen LogP contribution < -0.4 is 0 Å². The maximum absolute atomic E-state index is 12.1. The number of aliphatic hydroxyl groups is 2. The van der Waals surface area contributed by atoms with Crippen molar-refractivity contribution in [3.05, 3.63) is 33.6 Å². The molecule has 0 amide bonds. The standard InChI is InChI=1S/C16H20Cl2N2O4/c1-4-24-16(23)11(6-19-13(8-21)9(2)3)15(22)10-5-14(18)20-7-12(10)17/h5-7,9,13,21-22H,4,8H2,1-3H3/b15-11-,19-6?/t13-/m1/s1. The summed E-state index contributed by atoms with van der Waals surface area (Å²) in [6.07, 6.45) is 2.44. The third kappa shape index (κ3) is 5.47. The number of ether oxygens (including phenoxy) is 1. The van der Waals surface area contributed by atoms with Gasteiger partial charge in [-0.2, -0.15) is 0 Å². The fraction of sp³-hybridized carbons (Fsp3) is 0.438. The highest BCUT2D eigenvalue weighted by molar-refractivity contribution is 6.34. The monoisotopic (exact) mass is 374 g/mol. The van der Waals surface area contributed by atoms with Gasteiger partial charge >= 0.3 is 5.97 Å². The Balaban J connectivity index is 3.38. The second-order valence-corrected chi connectivity index (χ2v) is 6.04. The number of rotatable bonds is 7. The van der Waals surface area contributed by atoms with Crippen LogP contribution in [-0.4, -0.2) is 46.6 Å². The molecule has 0 fully saturated rings. The zero-order chi connectivity index (χ0) is 18.3. The van der Waals surface area contributed by atoms with Gasteiger partial charge in [0.25, 0.3) is 0 Å². The molecule has 1 atom stereocenters. The number of pyridine rings is 1. The lowest BCUT2D eigenvalue weighted by molar-refractivity contribution is -0.137. The Bertz CT molecular complexity index is 645. The van der Waals surface area contributed by atoms with Gasteiger partial charge in [-0.25, -0.2) is 9.78 Å². The minimum Gasteiger partial charge on any atom is -0.506 e. The maximum Gasteiger partial charge on any atom is 0.343 e. The Hall–Kier alpha value is -1.63. The van der Waals surface area contributed by atoms with Crippen molar-refractivity contribution in [1.82, 2.24) is 4.98 Å². The first-order valence-corrected chi connectivity index (χ1v) is 8.13. The molecule has 0 saturated carbocycles. The molecule has 0 spiro atoms. The van der Waals surface area contributed by atoms with Gasteiger partial charge in [-0.15, -0.1) is 0 Å². The first kappa shape index (κ1) is 20.4. The molecule has 1 aromatic heterocycles. The second kappa shape index (κ2) is 9.61. The van der Waals surface area contributed by atoms with Gasteiger partial charge in [-0.1, -0.05) is 37.0 Å². The van der Waals surface area contributed by atoms with Crippen molar-refractivity contribution in [1.29, 1.82) is 0 Å². The fourth-order valence-corrected chi connectivity index (χ4v) is 2.11. The van der Waals surface area contributed by atoms with Crippen molar-refractivity contribution in [2.24, 2.45) is 10.9 Å². The summed E-state index contributed by atoms with van der Waals surface area (Å²) in [6, 6.07) is 0.914. The maximum atomic E-state index is 12.1. The number of hydrogen-bond donors (Lipinski definition) is 2. The molecule has 1 aromatic rings. The van der Waals surface area contributed by atoms with Gasteiger partial charge in [-0.3, -0.25) is 4.99 Å². The smallest absolute Gasteiger partial charge is 0.343 e. The van der Waals surface area contributed by atoms with Gasteiger partial charge in [0.05, 0.1) is 24.3 Å². The topological polar surface area (TPSA) is 92.0 Å². The summed E-state index contributed by atoms with van der Waals surface area (Å²) < 4.78 is 4.94. The van der Waals surface area contributed by atoms with E-state index in [0.29, 0.717) is 0 Å². The molecular formula is C16H20Cl2N2O4. The quantitative estimate of drug-likeness (QED) is 0.251. The number of aliphatic imine (C=N–C) groups is 1. The van der Waals surface area contributed by atoms with Crippen molar-refractivity contribution in [3.8, 4) is 0 Å². The lowest BCUT2D eigenvalue weighted by atomic mass is 10.1. The van der Waals surface area contributed by atoms with Crippen LogP contribution in [0.1, 0.15) is 26.3 Å². The average Bonchev–Trinajstić information content (AvgIpc) is 2.53. The summed E-state index contributed by atoms with van der Waals surface area (Å²) >= 11 is 11.8. The Morgan fingerprint density at radius 2 is 2.12 bits per heavy atom. The molecule has 2 N–H and O–H groups in total. The van der Waals surface area contributed by atoms with Gasteiger partial charge < -0.3 is 14.9 Å². The van der Waals surface area contributed by atoms with Gasteiger partial charge in [0.2, 0.25) is 0 Å². The van der Waals surface area contributed by atoms with Crippen molar-refractivity contribution in [2.45, 2.75) is 26.8 Å². The SMILES string of the molecule is CCOC(=O)/C(C=N[C@H](CO)C(C)C)=C(\O)c1cc(Cl)ncc1Cl. The van der Waals surface area contributed by atoms with Gasteiger partial charge in [0, 0.05) is 18.0 Å². The summed E-state index contributed by atoms with van der Waals surface area (Å²) in [5.74, 6) is -1.13. The first-order valence-electron chi connectivity index (χ1n) is 7.37. The zero-order valence-corrected chi connectivity index (χ0v) is 15.2. The largest absolute Gasteiger partial charge is 0.506 e. The number of nitrogens with zero attached hydrogens (tertiary/aromatic N) is 2. The summed E-state index contributed by atoms with van der Waals surface area (Å²) in [5.41, 5.74) is -0.0450.